The average molecular weight is 278 g/mol. The summed E-state index contributed by atoms with van der Waals surface area (Å²) in [7, 11) is 1.67. The maximum absolute atomic E-state index is 10.1. The van der Waals surface area contributed by atoms with Gasteiger partial charge in [-0.2, -0.15) is 0 Å². The van der Waals surface area contributed by atoms with Crippen LogP contribution >= 0.6 is 0 Å². The lowest BCUT2D eigenvalue weighted by Gasteiger charge is -2.52. The van der Waals surface area contributed by atoms with Gasteiger partial charge in [0.25, 0.3) is 0 Å². The van der Waals surface area contributed by atoms with Crippen molar-refractivity contribution in [2.45, 2.75) is 58.7 Å². The molecule has 0 aromatic heterocycles. The molecule has 1 aliphatic rings. The summed E-state index contributed by atoms with van der Waals surface area (Å²) in [4.78, 5) is 0. The summed E-state index contributed by atoms with van der Waals surface area (Å²) in [5, 5.41) is 10.1. The van der Waals surface area contributed by atoms with Crippen molar-refractivity contribution in [2.24, 2.45) is 5.41 Å². The Morgan fingerprint density at radius 3 is 2.40 bits per heavy atom. The Kier molecular flexibility index (Phi) is 4.59. The first-order valence-electron chi connectivity index (χ1n) is 7.62. The Labute approximate surface area is 121 Å². The first-order valence-corrected chi connectivity index (χ1v) is 7.62. The number of benzene rings is 1. The number of aliphatic hydroxyl groups excluding tert-OH is 1. The lowest BCUT2D eigenvalue weighted by Crippen LogP contribution is -2.59. The zero-order valence-electron chi connectivity index (χ0n) is 13.0. The molecular formula is C17H26O3. The van der Waals surface area contributed by atoms with Crippen LogP contribution in [0.3, 0.4) is 0 Å². The predicted molar refractivity (Wildman–Crippen MR) is 80.4 cm³/mol. The van der Waals surface area contributed by atoms with E-state index in [1.54, 1.807) is 7.11 Å². The van der Waals surface area contributed by atoms with E-state index in [1.165, 1.54) is 5.56 Å². The van der Waals surface area contributed by atoms with E-state index in [0.717, 1.165) is 30.8 Å². The van der Waals surface area contributed by atoms with Gasteiger partial charge < -0.3 is 14.6 Å². The molecule has 2 rings (SSSR count). The van der Waals surface area contributed by atoms with Gasteiger partial charge in [0.2, 0.25) is 0 Å². The molecular weight excluding hydrogens is 252 g/mol. The van der Waals surface area contributed by atoms with Gasteiger partial charge in [0.05, 0.1) is 13.2 Å². The summed E-state index contributed by atoms with van der Waals surface area (Å²) in [5.74, 6) is 1.57. The molecule has 2 unspecified atom stereocenters. The second kappa shape index (κ2) is 6.04. The van der Waals surface area contributed by atoms with Crippen molar-refractivity contribution in [3.05, 3.63) is 23.8 Å². The standard InChI is InChI=1S/C17H26O3/c1-5-12-8-9-13(14(10-12)19-4)20-16-11-15(18)17(16,6-2)7-3/h8-10,15-16,18H,5-7,11H2,1-4H3. The van der Waals surface area contributed by atoms with E-state index in [9.17, 15) is 5.11 Å². The molecule has 3 nitrogen and oxygen atoms in total. The highest BCUT2D eigenvalue weighted by atomic mass is 16.5. The largest absolute Gasteiger partial charge is 0.493 e. The molecule has 20 heavy (non-hydrogen) atoms. The molecule has 0 bridgehead atoms. The lowest BCUT2D eigenvalue weighted by atomic mass is 9.60. The molecule has 1 N–H and O–H groups in total. The van der Waals surface area contributed by atoms with Gasteiger partial charge >= 0.3 is 0 Å². The Morgan fingerprint density at radius 2 is 1.90 bits per heavy atom. The zero-order valence-corrected chi connectivity index (χ0v) is 13.0. The van der Waals surface area contributed by atoms with Gasteiger partial charge in [0.1, 0.15) is 6.10 Å². The number of hydrogen-bond acceptors (Lipinski definition) is 3. The number of ether oxygens (including phenoxy) is 2. The SMILES string of the molecule is CCc1ccc(OC2CC(O)C2(CC)CC)c(OC)c1. The first-order chi connectivity index (χ1) is 9.61. The normalized spacial score (nSPS) is 24.1. The lowest BCUT2D eigenvalue weighted by molar-refractivity contribution is -0.160. The molecule has 1 aliphatic carbocycles. The summed E-state index contributed by atoms with van der Waals surface area (Å²) in [6.45, 7) is 6.37. The van der Waals surface area contributed by atoms with Crippen molar-refractivity contribution in [3.8, 4) is 11.5 Å². The highest BCUT2D eigenvalue weighted by molar-refractivity contribution is 5.43. The van der Waals surface area contributed by atoms with Crippen molar-refractivity contribution in [1.82, 2.24) is 0 Å². The number of rotatable bonds is 6. The molecule has 0 aliphatic heterocycles. The van der Waals surface area contributed by atoms with Gasteiger partial charge in [-0.3, -0.25) is 0 Å². The molecule has 0 radical (unpaired) electrons. The fourth-order valence-electron chi connectivity index (χ4n) is 3.25. The van der Waals surface area contributed by atoms with Crippen LogP contribution in [0.25, 0.3) is 0 Å². The van der Waals surface area contributed by atoms with Crippen LogP contribution in [0, 0.1) is 5.41 Å². The maximum Gasteiger partial charge on any atom is 0.161 e. The van der Waals surface area contributed by atoms with E-state index in [4.69, 9.17) is 9.47 Å². The van der Waals surface area contributed by atoms with Gasteiger partial charge in [0.15, 0.2) is 11.5 Å². The molecule has 2 atom stereocenters. The number of methoxy groups -OCH3 is 1. The van der Waals surface area contributed by atoms with Crippen LogP contribution in [0.2, 0.25) is 0 Å². The van der Waals surface area contributed by atoms with Crippen molar-refractivity contribution >= 4 is 0 Å². The Balaban J connectivity index is 2.18. The third-order valence-electron chi connectivity index (χ3n) is 4.96. The quantitative estimate of drug-likeness (QED) is 0.864. The minimum absolute atomic E-state index is 0.0777. The molecule has 1 aromatic carbocycles. The van der Waals surface area contributed by atoms with Crippen LogP contribution in [0.15, 0.2) is 18.2 Å². The van der Waals surface area contributed by atoms with Crippen molar-refractivity contribution in [3.63, 3.8) is 0 Å². The fraction of sp³-hybridized carbons (Fsp3) is 0.647. The van der Waals surface area contributed by atoms with E-state index in [1.807, 2.05) is 12.1 Å². The summed E-state index contributed by atoms with van der Waals surface area (Å²) in [6, 6.07) is 6.09. The molecule has 0 spiro atoms. The van der Waals surface area contributed by atoms with Crippen LogP contribution in [0.1, 0.15) is 45.6 Å². The summed E-state index contributed by atoms with van der Waals surface area (Å²) in [5.41, 5.74) is 1.13. The van der Waals surface area contributed by atoms with Crippen LogP contribution in [0.5, 0.6) is 11.5 Å². The molecule has 0 saturated heterocycles. The Bertz CT molecular complexity index is 452. The number of hydrogen-bond donors (Lipinski definition) is 1. The molecule has 1 fully saturated rings. The third kappa shape index (κ3) is 2.39. The minimum Gasteiger partial charge on any atom is -0.493 e. The van der Waals surface area contributed by atoms with E-state index in [2.05, 4.69) is 26.8 Å². The van der Waals surface area contributed by atoms with Gasteiger partial charge in [0, 0.05) is 11.8 Å². The highest BCUT2D eigenvalue weighted by Gasteiger charge is 2.53. The van der Waals surface area contributed by atoms with Crippen LogP contribution in [-0.4, -0.2) is 24.4 Å². The number of aryl methyl sites for hydroxylation is 1. The van der Waals surface area contributed by atoms with Crippen molar-refractivity contribution < 1.29 is 14.6 Å². The van der Waals surface area contributed by atoms with Gasteiger partial charge in [-0.25, -0.2) is 0 Å². The molecule has 0 heterocycles. The zero-order chi connectivity index (χ0) is 14.8. The first kappa shape index (κ1) is 15.2. The van der Waals surface area contributed by atoms with Crippen molar-refractivity contribution in [2.75, 3.05) is 7.11 Å². The average Bonchev–Trinajstić information content (AvgIpc) is 2.48. The molecule has 1 aromatic rings. The van der Waals surface area contributed by atoms with Crippen molar-refractivity contribution in [1.29, 1.82) is 0 Å². The smallest absolute Gasteiger partial charge is 0.161 e. The molecule has 112 valence electrons. The Hall–Kier alpha value is -1.22. The van der Waals surface area contributed by atoms with Gasteiger partial charge in [-0.05, 0) is 37.0 Å². The molecule has 3 heteroatoms. The third-order valence-corrected chi connectivity index (χ3v) is 4.96. The fourth-order valence-corrected chi connectivity index (χ4v) is 3.25. The van der Waals surface area contributed by atoms with E-state index in [-0.39, 0.29) is 17.6 Å². The summed E-state index contributed by atoms with van der Waals surface area (Å²) < 4.78 is 11.6. The number of aliphatic hydroxyl groups is 1. The second-order valence-electron chi connectivity index (χ2n) is 5.64. The predicted octanol–water partition coefficient (Wildman–Crippen LogP) is 3.58. The summed E-state index contributed by atoms with van der Waals surface area (Å²) >= 11 is 0. The topological polar surface area (TPSA) is 38.7 Å². The monoisotopic (exact) mass is 278 g/mol. The minimum atomic E-state index is -0.247. The van der Waals surface area contributed by atoms with Gasteiger partial charge in [-0.1, -0.05) is 26.8 Å². The summed E-state index contributed by atoms with van der Waals surface area (Å²) in [6.07, 6.45) is 3.39. The van der Waals surface area contributed by atoms with E-state index >= 15 is 0 Å². The van der Waals surface area contributed by atoms with E-state index < -0.39 is 0 Å². The van der Waals surface area contributed by atoms with Crippen LogP contribution in [0.4, 0.5) is 0 Å². The molecule has 0 amide bonds. The van der Waals surface area contributed by atoms with Crippen LogP contribution in [-0.2, 0) is 6.42 Å². The highest BCUT2D eigenvalue weighted by Crippen LogP contribution is 2.49. The van der Waals surface area contributed by atoms with Gasteiger partial charge in [-0.15, -0.1) is 0 Å². The second-order valence-corrected chi connectivity index (χ2v) is 5.64. The molecule has 1 saturated carbocycles. The maximum atomic E-state index is 10.1. The van der Waals surface area contributed by atoms with E-state index in [0.29, 0.717) is 6.42 Å². The Morgan fingerprint density at radius 1 is 1.20 bits per heavy atom. The van der Waals surface area contributed by atoms with Crippen LogP contribution < -0.4 is 9.47 Å².